The van der Waals surface area contributed by atoms with Gasteiger partial charge in [0.2, 0.25) is 5.91 Å². The lowest BCUT2D eigenvalue weighted by Gasteiger charge is -2.33. The smallest absolute Gasteiger partial charge is 0.254 e. The van der Waals surface area contributed by atoms with Crippen molar-refractivity contribution in [2.24, 2.45) is 0 Å². The third-order valence-corrected chi connectivity index (χ3v) is 5.94. The largest absolute Gasteiger partial charge is 0.496 e. The minimum atomic E-state index is -0.390. The maximum absolute atomic E-state index is 13.0. The number of carbonyl (C=O) groups excluding carboxylic acids is 2. The average Bonchev–Trinajstić information content (AvgIpc) is 2.83. The minimum Gasteiger partial charge on any atom is -0.496 e. The lowest BCUT2D eigenvalue weighted by atomic mass is 10.0. The van der Waals surface area contributed by atoms with Crippen molar-refractivity contribution in [3.05, 3.63) is 70.9 Å². The van der Waals surface area contributed by atoms with E-state index in [1.165, 1.54) is 0 Å². The molecule has 0 radical (unpaired) electrons. The highest BCUT2D eigenvalue weighted by Gasteiger charge is 2.28. The summed E-state index contributed by atoms with van der Waals surface area (Å²) in [6.07, 6.45) is -0.0776. The summed E-state index contributed by atoms with van der Waals surface area (Å²) in [6, 6.07) is 15.2. The number of pyridine rings is 1. The van der Waals surface area contributed by atoms with Gasteiger partial charge in [-0.25, -0.2) is 4.98 Å². The number of para-hydroxylation sites is 1. The summed E-state index contributed by atoms with van der Waals surface area (Å²) in [7, 11) is 5.10. The predicted octanol–water partition coefficient (Wildman–Crippen LogP) is 3.40. The van der Waals surface area contributed by atoms with E-state index in [-0.39, 0.29) is 11.8 Å². The van der Waals surface area contributed by atoms with Crippen molar-refractivity contribution in [2.45, 2.75) is 19.4 Å². The first kappa shape index (κ1) is 22.7. The molecule has 7 nitrogen and oxygen atoms in total. The summed E-state index contributed by atoms with van der Waals surface area (Å²) in [5, 5.41) is 0.804. The molecular weight excluding hydrogens is 418 g/mol. The Kier molecular flexibility index (Phi) is 6.60. The number of morpholine rings is 1. The van der Waals surface area contributed by atoms with E-state index in [0.717, 1.165) is 27.8 Å². The summed E-state index contributed by atoms with van der Waals surface area (Å²) in [5.41, 5.74) is 3.93. The fraction of sp³-hybridized carbons (Fsp3) is 0.346. The van der Waals surface area contributed by atoms with Crippen LogP contribution in [-0.4, -0.2) is 67.5 Å². The fourth-order valence-corrected chi connectivity index (χ4v) is 4.17. The molecule has 33 heavy (non-hydrogen) atoms. The van der Waals surface area contributed by atoms with Gasteiger partial charge in [0.05, 0.1) is 43.5 Å². The normalized spacial score (nSPS) is 16.0. The number of rotatable bonds is 5. The molecule has 3 aromatic rings. The molecular formula is C26H29N3O4. The first-order valence-electron chi connectivity index (χ1n) is 11.0. The van der Waals surface area contributed by atoms with Crippen LogP contribution in [0.5, 0.6) is 5.75 Å². The number of carbonyl (C=O) groups is 2. The Balaban J connectivity index is 1.56. The zero-order valence-electron chi connectivity index (χ0n) is 19.5. The second kappa shape index (κ2) is 9.58. The molecule has 1 aromatic heterocycles. The zero-order valence-corrected chi connectivity index (χ0v) is 19.5. The molecule has 1 aliphatic heterocycles. The van der Waals surface area contributed by atoms with Crippen LogP contribution in [0.1, 0.15) is 33.3 Å². The molecule has 2 aromatic carbocycles. The van der Waals surface area contributed by atoms with Crippen LogP contribution in [0.3, 0.4) is 0 Å². The van der Waals surface area contributed by atoms with Crippen molar-refractivity contribution in [1.29, 1.82) is 0 Å². The number of hydrogen-bond acceptors (Lipinski definition) is 5. The van der Waals surface area contributed by atoms with Gasteiger partial charge in [0.25, 0.3) is 5.91 Å². The van der Waals surface area contributed by atoms with Gasteiger partial charge in [-0.1, -0.05) is 30.3 Å². The molecule has 172 valence electrons. The third-order valence-electron chi connectivity index (χ3n) is 5.94. The van der Waals surface area contributed by atoms with Crippen molar-refractivity contribution < 1.29 is 19.1 Å². The molecule has 1 aliphatic rings. The summed E-state index contributed by atoms with van der Waals surface area (Å²) in [6.45, 7) is 3.32. The number of ether oxygens (including phenoxy) is 2. The molecule has 0 bridgehead atoms. The Hall–Kier alpha value is -3.45. The van der Waals surface area contributed by atoms with Crippen molar-refractivity contribution in [2.75, 3.05) is 40.9 Å². The number of nitrogens with zero attached hydrogens (tertiary/aromatic N) is 3. The van der Waals surface area contributed by atoms with E-state index in [1.54, 1.807) is 32.2 Å². The van der Waals surface area contributed by atoms with Gasteiger partial charge in [-0.15, -0.1) is 0 Å². The van der Waals surface area contributed by atoms with Gasteiger partial charge in [0.1, 0.15) is 11.9 Å². The van der Waals surface area contributed by atoms with Gasteiger partial charge >= 0.3 is 0 Å². The third kappa shape index (κ3) is 4.83. The lowest BCUT2D eigenvalue weighted by molar-refractivity contribution is -0.138. The minimum absolute atomic E-state index is 0.0400. The number of methoxy groups -OCH3 is 1. The van der Waals surface area contributed by atoms with Crippen LogP contribution in [0.15, 0.2) is 48.5 Å². The van der Waals surface area contributed by atoms with Crippen molar-refractivity contribution in [3.63, 3.8) is 0 Å². The fourth-order valence-electron chi connectivity index (χ4n) is 4.17. The SMILES string of the molecule is COc1ccc(CC(=O)N2CCO[C@H](c3cc(C(=O)N(C)C)c4ccccc4n3)C2)cc1C. The summed E-state index contributed by atoms with van der Waals surface area (Å²) >= 11 is 0. The molecule has 0 N–H and O–H groups in total. The Morgan fingerprint density at radius 1 is 1.18 bits per heavy atom. The Morgan fingerprint density at radius 3 is 2.70 bits per heavy atom. The van der Waals surface area contributed by atoms with Crippen LogP contribution in [0.25, 0.3) is 10.9 Å². The Bertz CT molecular complexity index is 1190. The van der Waals surface area contributed by atoms with Crippen LogP contribution in [0.2, 0.25) is 0 Å². The lowest BCUT2D eigenvalue weighted by Crippen LogP contribution is -2.43. The second-order valence-corrected chi connectivity index (χ2v) is 8.49. The van der Waals surface area contributed by atoms with E-state index in [1.807, 2.05) is 54.3 Å². The van der Waals surface area contributed by atoms with E-state index >= 15 is 0 Å². The van der Waals surface area contributed by atoms with E-state index in [4.69, 9.17) is 14.5 Å². The van der Waals surface area contributed by atoms with Gasteiger partial charge in [-0.2, -0.15) is 0 Å². The monoisotopic (exact) mass is 447 g/mol. The van der Waals surface area contributed by atoms with Crippen molar-refractivity contribution in [1.82, 2.24) is 14.8 Å². The van der Waals surface area contributed by atoms with Crippen LogP contribution >= 0.6 is 0 Å². The molecule has 1 saturated heterocycles. The number of fused-ring (bicyclic) bond motifs is 1. The number of benzene rings is 2. The van der Waals surface area contributed by atoms with Gasteiger partial charge in [0, 0.05) is 26.0 Å². The first-order chi connectivity index (χ1) is 15.9. The molecule has 1 fully saturated rings. The van der Waals surface area contributed by atoms with E-state index in [2.05, 4.69) is 0 Å². The molecule has 0 unspecified atom stereocenters. The van der Waals surface area contributed by atoms with E-state index in [0.29, 0.717) is 37.4 Å². The average molecular weight is 448 g/mol. The molecule has 4 rings (SSSR count). The summed E-state index contributed by atoms with van der Waals surface area (Å²) in [4.78, 5) is 34.0. The van der Waals surface area contributed by atoms with Crippen LogP contribution in [0, 0.1) is 6.92 Å². The quantitative estimate of drug-likeness (QED) is 0.600. The molecule has 1 atom stereocenters. The Labute approximate surface area is 193 Å². The summed E-state index contributed by atoms with van der Waals surface area (Å²) in [5.74, 6) is 0.759. The van der Waals surface area contributed by atoms with Gasteiger partial charge in [-0.3, -0.25) is 9.59 Å². The van der Waals surface area contributed by atoms with Gasteiger partial charge < -0.3 is 19.3 Å². The first-order valence-corrected chi connectivity index (χ1v) is 11.0. The highest BCUT2D eigenvalue weighted by molar-refractivity contribution is 6.06. The predicted molar refractivity (Wildman–Crippen MR) is 126 cm³/mol. The van der Waals surface area contributed by atoms with Crippen molar-refractivity contribution >= 4 is 22.7 Å². The number of aryl methyl sites for hydroxylation is 1. The zero-order chi connectivity index (χ0) is 23.5. The highest BCUT2D eigenvalue weighted by atomic mass is 16.5. The molecule has 7 heteroatoms. The second-order valence-electron chi connectivity index (χ2n) is 8.49. The molecule has 0 saturated carbocycles. The maximum Gasteiger partial charge on any atom is 0.254 e. The number of hydrogen-bond donors (Lipinski definition) is 0. The molecule has 0 aliphatic carbocycles. The topological polar surface area (TPSA) is 72.0 Å². The number of aromatic nitrogens is 1. The molecule has 0 spiro atoms. The molecule has 2 heterocycles. The van der Waals surface area contributed by atoms with Gasteiger partial charge in [-0.05, 0) is 36.2 Å². The van der Waals surface area contributed by atoms with Crippen LogP contribution in [-0.2, 0) is 16.0 Å². The van der Waals surface area contributed by atoms with Crippen LogP contribution < -0.4 is 4.74 Å². The van der Waals surface area contributed by atoms with E-state index < -0.39 is 6.10 Å². The van der Waals surface area contributed by atoms with Gasteiger partial charge in [0.15, 0.2) is 0 Å². The highest BCUT2D eigenvalue weighted by Crippen LogP contribution is 2.27. The Morgan fingerprint density at radius 2 is 1.97 bits per heavy atom. The number of amides is 2. The summed E-state index contributed by atoms with van der Waals surface area (Å²) < 4.78 is 11.3. The van der Waals surface area contributed by atoms with Crippen molar-refractivity contribution in [3.8, 4) is 5.75 Å². The maximum atomic E-state index is 13.0. The molecule has 2 amide bonds. The standard InChI is InChI=1S/C26H29N3O4/c1-17-13-18(9-10-23(17)32-4)14-25(30)29-11-12-33-24(16-29)22-15-20(26(31)28(2)3)19-7-5-6-8-21(19)27-22/h5-10,13,15,24H,11-12,14,16H2,1-4H3/t24-/m0/s1. The van der Waals surface area contributed by atoms with Crippen LogP contribution in [0.4, 0.5) is 0 Å². The van der Waals surface area contributed by atoms with E-state index in [9.17, 15) is 9.59 Å².